The molecule has 0 heterocycles. The van der Waals surface area contributed by atoms with Gasteiger partial charge < -0.3 is 10.1 Å². The predicted molar refractivity (Wildman–Crippen MR) is 72.4 cm³/mol. The largest absolute Gasteiger partial charge is 0.435 e. The van der Waals surface area contributed by atoms with E-state index in [2.05, 4.69) is 10.1 Å². The molecule has 0 spiro atoms. The van der Waals surface area contributed by atoms with Crippen LogP contribution < -0.4 is 10.1 Å². The Morgan fingerprint density at radius 3 is 2.50 bits per heavy atom. The maximum Gasteiger partial charge on any atom is 0.387 e. The average Bonchev–Trinajstić information content (AvgIpc) is 3.17. The first-order chi connectivity index (χ1) is 9.54. The third-order valence-corrected chi connectivity index (χ3v) is 3.74. The summed E-state index contributed by atoms with van der Waals surface area (Å²) < 4.78 is 28.2. The smallest absolute Gasteiger partial charge is 0.387 e. The second-order valence-electron chi connectivity index (χ2n) is 5.02. The summed E-state index contributed by atoms with van der Waals surface area (Å²) in [5.74, 6) is 0.419. The van der Waals surface area contributed by atoms with Crippen LogP contribution in [0.3, 0.4) is 0 Å². The van der Waals surface area contributed by atoms with Gasteiger partial charge in [-0.05, 0) is 48.9 Å². The molecule has 0 bridgehead atoms. The van der Waals surface area contributed by atoms with Crippen LogP contribution in [0.5, 0.6) is 5.75 Å². The van der Waals surface area contributed by atoms with E-state index in [1.807, 2.05) is 0 Å². The fourth-order valence-electron chi connectivity index (χ4n) is 2.05. The highest BCUT2D eigenvalue weighted by Crippen LogP contribution is 2.48. The lowest BCUT2D eigenvalue weighted by atomic mass is 10.0. The fraction of sp³-hybridized carbons (Fsp3) is 0.500. The molecule has 1 fully saturated rings. The summed E-state index contributed by atoms with van der Waals surface area (Å²) in [4.78, 5) is 11.9. The second-order valence-corrected chi connectivity index (χ2v) is 5.40. The van der Waals surface area contributed by atoms with Crippen molar-refractivity contribution in [2.45, 2.75) is 25.9 Å². The van der Waals surface area contributed by atoms with Crippen molar-refractivity contribution < 1.29 is 18.3 Å². The van der Waals surface area contributed by atoms with Crippen molar-refractivity contribution in [3.05, 3.63) is 29.8 Å². The summed E-state index contributed by atoms with van der Waals surface area (Å²) in [6, 6.07) is 5.64. The average molecular weight is 304 g/mol. The van der Waals surface area contributed by atoms with Crippen LogP contribution in [0.2, 0.25) is 0 Å². The van der Waals surface area contributed by atoms with E-state index in [0.717, 1.165) is 19.3 Å². The molecular weight excluding hydrogens is 288 g/mol. The maximum atomic E-state index is 12.0. The van der Waals surface area contributed by atoms with Gasteiger partial charge in [-0.15, -0.1) is 11.6 Å². The highest BCUT2D eigenvalue weighted by molar-refractivity contribution is 6.17. The van der Waals surface area contributed by atoms with Crippen LogP contribution in [0.15, 0.2) is 24.3 Å². The molecule has 1 aromatic rings. The van der Waals surface area contributed by atoms with E-state index in [9.17, 15) is 13.6 Å². The van der Waals surface area contributed by atoms with Crippen LogP contribution in [-0.4, -0.2) is 24.9 Å². The van der Waals surface area contributed by atoms with Crippen molar-refractivity contribution >= 4 is 17.5 Å². The van der Waals surface area contributed by atoms with Crippen LogP contribution in [0.4, 0.5) is 8.78 Å². The Morgan fingerprint density at radius 1 is 1.35 bits per heavy atom. The van der Waals surface area contributed by atoms with E-state index in [-0.39, 0.29) is 17.1 Å². The zero-order valence-electron chi connectivity index (χ0n) is 10.9. The fourth-order valence-corrected chi connectivity index (χ4v) is 2.45. The monoisotopic (exact) mass is 303 g/mol. The van der Waals surface area contributed by atoms with Crippen molar-refractivity contribution in [1.29, 1.82) is 0 Å². The predicted octanol–water partition coefficient (Wildman–Crippen LogP) is 3.43. The number of hydrogen-bond donors (Lipinski definition) is 1. The normalized spacial score (nSPS) is 16.0. The first kappa shape index (κ1) is 15.0. The van der Waals surface area contributed by atoms with Gasteiger partial charge >= 0.3 is 6.61 Å². The zero-order valence-corrected chi connectivity index (χ0v) is 11.6. The Hall–Kier alpha value is -1.36. The molecule has 1 aliphatic carbocycles. The number of alkyl halides is 3. The van der Waals surface area contributed by atoms with Gasteiger partial charge in [0.05, 0.1) is 0 Å². The lowest BCUT2D eigenvalue weighted by molar-refractivity contribution is -0.0498. The molecule has 2 rings (SSSR count). The van der Waals surface area contributed by atoms with Crippen molar-refractivity contribution in [3.63, 3.8) is 0 Å². The Labute approximate surface area is 121 Å². The Kier molecular flexibility index (Phi) is 4.81. The van der Waals surface area contributed by atoms with Crippen molar-refractivity contribution in [2.75, 3.05) is 12.4 Å². The number of amides is 1. The van der Waals surface area contributed by atoms with Gasteiger partial charge in [0.25, 0.3) is 5.91 Å². The van der Waals surface area contributed by atoms with Gasteiger partial charge in [-0.2, -0.15) is 8.78 Å². The molecule has 110 valence electrons. The SMILES string of the molecule is O=C(NCC1(CCCl)CC1)c1ccc(OC(F)F)cc1. The highest BCUT2D eigenvalue weighted by atomic mass is 35.5. The lowest BCUT2D eigenvalue weighted by Gasteiger charge is -2.14. The Bertz CT molecular complexity index is 461. The summed E-state index contributed by atoms with van der Waals surface area (Å²) in [5.41, 5.74) is 0.587. The van der Waals surface area contributed by atoms with Crippen molar-refractivity contribution in [3.8, 4) is 5.75 Å². The van der Waals surface area contributed by atoms with Crippen LogP contribution in [-0.2, 0) is 0 Å². The van der Waals surface area contributed by atoms with Crippen molar-refractivity contribution in [1.82, 2.24) is 5.32 Å². The van der Waals surface area contributed by atoms with Gasteiger partial charge in [0, 0.05) is 18.0 Å². The minimum absolute atomic E-state index is 0.0392. The zero-order chi connectivity index (χ0) is 14.6. The topological polar surface area (TPSA) is 38.3 Å². The molecule has 0 aliphatic heterocycles. The molecule has 0 saturated heterocycles. The van der Waals surface area contributed by atoms with Gasteiger partial charge in [-0.1, -0.05) is 0 Å². The van der Waals surface area contributed by atoms with Crippen LogP contribution in [0.1, 0.15) is 29.6 Å². The number of hydrogen-bond acceptors (Lipinski definition) is 2. The number of halogens is 3. The van der Waals surface area contributed by atoms with Crippen molar-refractivity contribution in [2.24, 2.45) is 5.41 Å². The van der Waals surface area contributed by atoms with Gasteiger partial charge in [0.2, 0.25) is 0 Å². The molecule has 1 N–H and O–H groups in total. The van der Waals surface area contributed by atoms with E-state index < -0.39 is 6.61 Å². The van der Waals surface area contributed by atoms with Crippen LogP contribution >= 0.6 is 11.6 Å². The first-order valence-corrected chi connectivity index (χ1v) is 6.97. The minimum atomic E-state index is -2.86. The summed E-state index contributed by atoms with van der Waals surface area (Å²) in [6.45, 7) is -2.26. The third-order valence-electron chi connectivity index (χ3n) is 3.55. The molecule has 0 aromatic heterocycles. The number of benzene rings is 1. The molecule has 6 heteroatoms. The molecule has 0 radical (unpaired) electrons. The molecule has 20 heavy (non-hydrogen) atoms. The summed E-state index contributed by atoms with van der Waals surface area (Å²) in [5, 5.41) is 2.86. The molecule has 1 amide bonds. The lowest BCUT2D eigenvalue weighted by Crippen LogP contribution is -2.30. The standard InChI is InChI=1S/C14H16ClF2NO2/c15-8-7-14(5-6-14)9-18-12(19)10-1-3-11(4-2-10)20-13(16)17/h1-4,13H,5-9H2,(H,18,19). The van der Waals surface area contributed by atoms with E-state index in [0.29, 0.717) is 18.0 Å². The molecular formula is C14H16ClF2NO2. The van der Waals surface area contributed by atoms with E-state index in [4.69, 9.17) is 11.6 Å². The van der Waals surface area contributed by atoms with E-state index in [1.165, 1.54) is 24.3 Å². The van der Waals surface area contributed by atoms with Gasteiger partial charge in [-0.25, -0.2) is 0 Å². The van der Waals surface area contributed by atoms with Gasteiger partial charge in [0.1, 0.15) is 5.75 Å². The maximum absolute atomic E-state index is 12.0. The van der Waals surface area contributed by atoms with E-state index in [1.54, 1.807) is 0 Å². The molecule has 1 saturated carbocycles. The summed E-state index contributed by atoms with van der Waals surface area (Å²) in [6.07, 6.45) is 3.07. The summed E-state index contributed by atoms with van der Waals surface area (Å²) in [7, 11) is 0. The quantitative estimate of drug-likeness (QED) is 0.784. The molecule has 1 aromatic carbocycles. The molecule has 3 nitrogen and oxygen atoms in total. The van der Waals surface area contributed by atoms with Gasteiger partial charge in [-0.3, -0.25) is 4.79 Å². The number of ether oxygens (including phenoxy) is 1. The van der Waals surface area contributed by atoms with Crippen LogP contribution in [0.25, 0.3) is 0 Å². The number of nitrogens with one attached hydrogen (secondary N) is 1. The van der Waals surface area contributed by atoms with Crippen LogP contribution in [0, 0.1) is 5.41 Å². The number of rotatable bonds is 7. The Balaban J connectivity index is 1.86. The number of carbonyl (C=O) groups is 1. The second kappa shape index (κ2) is 6.39. The molecule has 1 aliphatic rings. The molecule has 0 unspecified atom stereocenters. The first-order valence-electron chi connectivity index (χ1n) is 6.44. The number of carbonyl (C=O) groups excluding carboxylic acids is 1. The minimum Gasteiger partial charge on any atom is -0.435 e. The van der Waals surface area contributed by atoms with Gasteiger partial charge in [0.15, 0.2) is 0 Å². The highest BCUT2D eigenvalue weighted by Gasteiger charge is 2.41. The van der Waals surface area contributed by atoms with E-state index >= 15 is 0 Å². The third kappa shape index (κ3) is 4.07. The summed E-state index contributed by atoms with van der Waals surface area (Å²) >= 11 is 5.73. The Morgan fingerprint density at radius 2 is 2.00 bits per heavy atom. The molecule has 0 atom stereocenters.